The summed E-state index contributed by atoms with van der Waals surface area (Å²) >= 11 is 1.78. The molecule has 0 aromatic heterocycles. The maximum Gasteiger partial charge on any atom is 0.226 e. The molecule has 1 N–H and O–H groups in total. The fraction of sp³-hybridized carbons (Fsp3) is 0.600. The van der Waals surface area contributed by atoms with Crippen molar-refractivity contribution in [1.29, 1.82) is 0 Å². The molecule has 0 spiro atoms. The van der Waals surface area contributed by atoms with Gasteiger partial charge in [-0.3, -0.25) is 9.79 Å². The van der Waals surface area contributed by atoms with Crippen LogP contribution in [0, 0.1) is 5.82 Å². The zero-order chi connectivity index (χ0) is 18.5. The summed E-state index contributed by atoms with van der Waals surface area (Å²) < 4.78 is 13.0. The standard InChI is InChI=1S/C20H28FN3OS.ClH/c1-14-18(13-19(25)22-17-11-9-15(21)10-12-17)24(2)20(26-14)23-16-7-5-3-4-6-8-16;/h9-12,14,16,18H,3-8,13H2,1-2H3,(H,22,25);1H/b23-20-;. The lowest BCUT2D eigenvalue weighted by molar-refractivity contribution is -0.117. The van der Waals surface area contributed by atoms with Gasteiger partial charge in [-0.1, -0.05) is 44.4 Å². The van der Waals surface area contributed by atoms with Crippen LogP contribution in [0.4, 0.5) is 10.1 Å². The summed E-state index contributed by atoms with van der Waals surface area (Å²) in [4.78, 5) is 19.6. The molecule has 0 bridgehead atoms. The topological polar surface area (TPSA) is 44.7 Å². The Morgan fingerprint density at radius 2 is 1.85 bits per heavy atom. The largest absolute Gasteiger partial charge is 0.350 e. The van der Waals surface area contributed by atoms with E-state index in [0.717, 1.165) is 5.17 Å². The van der Waals surface area contributed by atoms with E-state index in [4.69, 9.17) is 4.99 Å². The van der Waals surface area contributed by atoms with E-state index in [1.807, 2.05) is 7.05 Å². The molecular formula is C20H29ClFN3OS. The zero-order valence-electron chi connectivity index (χ0n) is 16.0. The highest BCUT2D eigenvalue weighted by Crippen LogP contribution is 2.33. The van der Waals surface area contributed by atoms with Gasteiger partial charge in [0.1, 0.15) is 5.82 Å². The monoisotopic (exact) mass is 413 g/mol. The predicted molar refractivity (Wildman–Crippen MR) is 114 cm³/mol. The quantitative estimate of drug-likeness (QED) is 0.699. The number of hydrogen-bond donors (Lipinski definition) is 1. The van der Waals surface area contributed by atoms with Gasteiger partial charge in [0.25, 0.3) is 0 Å². The number of carbonyl (C=O) groups is 1. The molecule has 150 valence electrons. The van der Waals surface area contributed by atoms with E-state index < -0.39 is 0 Å². The van der Waals surface area contributed by atoms with Crippen molar-refractivity contribution in [1.82, 2.24) is 4.90 Å². The second-order valence-corrected chi connectivity index (χ2v) is 8.66. The lowest BCUT2D eigenvalue weighted by atomic mass is 10.1. The molecule has 2 unspecified atom stereocenters. The number of carbonyl (C=O) groups excluding carboxylic acids is 1. The number of nitrogens with one attached hydrogen (secondary N) is 1. The number of amides is 1. The highest BCUT2D eigenvalue weighted by Gasteiger charge is 2.35. The number of amidine groups is 1. The molecule has 3 rings (SSSR count). The van der Waals surface area contributed by atoms with Gasteiger partial charge in [0.05, 0.1) is 12.1 Å². The molecule has 1 heterocycles. The van der Waals surface area contributed by atoms with E-state index in [1.54, 1.807) is 23.9 Å². The van der Waals surface area contributed by atoms with Crippen molar-refractivity contribution in [2.45, 2.75) is 69.2 Å². The van der Waals surface area contributed by atoms with E-state index in [-0.39, 0.29) is 30.2 Å². The van der Waals surface area contributed by atoms with E-state index >= 15 is 0 Å². The summed E-state index contributed by atoms with van der Waals surface area (Å²) in [6.45, 7) is 2.16. The molecule has 2 fully saturated rings. The zero-order valence-corrected chi connectivity index (χ0v) is 17.6. The van der Waals surface area contributed by atoms with Crippen molar-refractivity contribution in [3.63, 3.8) is 0 Å². The van der Waals surface area contributed by atoms with E-state index in [1.165, 1.54) is 50.7 Å². The summed E-state index contributed by atoms with van der Waals surface area (Å²) in [6.07, 6.45) is 7.97. The molecule has 1 aromatic carbocycles. The summed E-state index contributed by atoms with van der Waals surface area (Å²) in [5, 5.41) is 4.26. The molecule has 2 atom stereocenters. The third-order valence-electron chi connectivity index (χ3n) is 5.27. The fourth-order valence-electron chi connectivity index (χ4n) is 3.69. The van der Waals surface area contributed by atoms with E-state index in [9.17, 15) is 9.18 Å². The summed E-state index contributed by atoms with van der Waals surface area (Å²) in [7, 11) is 2.04. The highest BCUT2D eigenvalue weighted by atomic mass is 35.5. The average Bonchev–Trinajstić information content (AvgIpc) is 2.81. The van der Waals surface area contributed by atoms with Crippen molar-refractivity contribution >= 4 is 40.9 Å². The molecular weight excluding hydrogens is 385 g/mol. The van der Waals surface area contributed by atoms with Crippen LogP contribution in [0.25, 0.3) is 0 Å². The lowest BCUT2D eigenvalue weighted by Gasteiger charge is -2.23. The minimum absolute atomic E-state index is 0. The smallest absolute Gasteiger partial charge is 0.226 e. The fourth-order valence-corrected chi connectivity index (χ4v) is 4.97. The maximum absolute atomic E-state index is 13.0. The molecule has 1 saturated carbocycles. The maximum atomic E-state index is 13.0. The molecule has 2 aliphatic rings. The second kappa shape index (κ2) is 10.3. The third-order valence-corrected chi connectivity index (χ3v) is 6.56. The van der Waals surface area contributed by atoms with E-state index in [0.29, 0.717) is 23.4 Å². The molecule has 27 heavy (non-hydrogen) atoms. The van der Waals surface area contributed by atoms with Gasteiger partial charge < -0.3 is 10.2 Å². The van der Waals surface area contributed by atoms with Crippen molar-refractivity contribution in [2.75, 3.05) is 12.4 Å². The molecule has 7 heteroatoms. The van der Waals surface area contributed by atoms with Crippen molar-refractivity contribution < 1.29 is 9.18 Å². The minimum Gasteiger partial charge on any atom is -0.350 e. The van der Waals surface area contributed by atoms with Crippen LogP contribution in [-0.4, -0.2) is 40.4 Å². The molecule has 1 aliphatic carbocycles. The van der Waals surface area contributed by atoms with Crippen LogP contribution in [0.3, 0.4) is 0 Å². The molecule has 0 radical (unpaired) electrons. The van der Waals surface area contributed by atoms with Crippen LogP contribution in [0.2, 0.25) is 0 Å². The first-order valence-electron chi connectivity index (χ1n) is 9.55. The summed E-state index contributed by atoms with van der Waals surface area (Å²) in [5.74, 6) is -0.348. The van der Waals surface area contributed by atoms with Gasteiger partial charge in [-0.15, -0.1) is 12.4 Å². The van der Waals surface area contributed by atoms with Gasteiger partial charge >= 0.3 is 0 Å². The van der Waals surface area contributed by atoms with Gasteiger partial charge in [0, 0.05) is 24.4 Å². The van der Waals surface area contributed by atoms with Crippen molar-refractivity contribution in [3.05, 3.63) is 30.1 Å². The number of halogens is 2. The van der Waals surface area contributed by atoms with Gasteiger partial charge in [-0.2, -0.15) is 0 Å². The summed E-state index contributed by atoms with van der Waals surface area (Å²) in [5.41, 5.74) is 0.629. The normalized spacial score (nSPS) is 25.1. The Bertz CT molecular complexity index is 647. The second-order valence-electron chi connectivity index (χ2n) is 7.32. The predicted octanol–water partition coefficient (Wildman–Crippen LogP) is 5.09. The van der Waals surface area contributed by atoms with Crippen LogP contribution in [0.1, 0.15) is 51.9 Å². The molecule has 1 saturated heterocycles. The van der Waals surface area contributed by atoms with Gasteiger partial charge in [0.2, 0.25) is 5.91 Å². The lowest BCUT2D eigenvalue weighted by Crippen LogP contribution is -2.36. The Kier molecular flexibility index (Phi) is 8.42. The molecule has 1 amide bonds. The first-order valence-corrected chi connectivity index (χ1v) is 10.4. The number of nitrogens with zero attached hydrogens (tertiary/aromatic N) is 2. The van der Waals surface area contributed by atoms with Gasteiger partial charge in [0.15, 0.2) is 5.17 Å². The first-order chi connectivity index (χ1) is 12.5. The van der Waals surface area contributed by atoms with Gasteiger partial charge in [-0.05, 0) is 37.1 Å². The van der Waals surface area contributed by atoms with Crippen LogP contribution in [-0.2, 0) is 4.79 Å². The number of hydrogen-bond acceptors (Lipinski definition) is 3. The number of rotatable bonds is 4. The Morgan fingerprint density at radius 1 is 1.22 bits per heavy atom. The highest BCUT2D eigenvalue weighted by molar-refractivity contribution is 8.14. The van der Waals surface area contributed by atoms with Crippen LogP contribution in [0.5, 0.6) is 0 Å². The number of aliphatic imine (C=N–C) groups is 1. The average molecular weight is 414 g/mol. The van der Waals surface area contributed by atoms with Crippen LogP contribution < -0.4 is 5.32 Å². The number of thioether (sulfide) groups is 1. The Hall–Kier alpha value is -1.27. The number of benzene rings is 1. The minimum atomic E-state index is -0.303. The van der Waals surface area contributed by atoms with Crippen LogP contribution >= 0.6 is 24.2 Å². The Labute approximate surface area is 171 Å². The first kappa shape index (κ1) is 22.0. The van der Waals surface area contributed by atoms with Crippen molar-refractivity contribution in [2.24, 2.45) is 4.99 Å². The Morgan fingerprint density at radius 3 is 2.48 bits per heavy atom. The SMILES string of the molecule is CC1S/C(=N\C2CCCCCC2)N(C)C1CC(=O)Nc1ccc(F)cc1.Cl. The molecule has 4 nitrogen and oxygen atoms in total. The van der Waals surface area contributed by atoms with E-state index in [2.05, 4.69) is 17.1 Å². The molecule has 1 aromatic rings. The third kappa shape index (κ3) is 6.11. The summed E-state index contributed by atoms with van der Waals surface area (Å²) in [6, 6.07) is 6.44. The van der Waals surface area contributed by atoms with Gasteiger partial charge in [-0.25, -0.2) is 4.39 Å². The van der Waals surface area contributed by atoms with Crippen LogP contribution in [0.15, 0.2) is 29.3 Å². The molecule has 1 aliphatic heterocycles. The Balaban J connectivity index is 0.00000261. The number of anilines is 1. The van der Waals surface area contributed by atoms with Crippen molar-refractivity contribution in [3.8, 4) is 0 Å².